The molecule has 2 spiro atoms. The number of nitrogens with zero attached hydrogens (tertiary/aromatic N) is 4. The summed E-state index contributed by atoms with van der Waals surface area (Å²) >= 11 is 0. The first kappa shape index (κ1) is 21.4. The van der Waals surface area contributed by atoms with Gasteiger partial charge < -0.3 is 15.5 Å². The maximum absolute atomic E-state index is 9.12. The molecule has 0 saturated heterocycles. The van der Waals surface area contributed by atoms with Gasteiger partial charge in [0.05, 0.1) is 17.1 Å². The summed E-state index contributed by atoms with van der Waals surface area (Å²) in [6, 6.07) is 19.5. The summed E-state index contributed by atoms with van der Waals surface area (Å²) in [6.07, 6.45) is 7.72. The minimum Gasteiger partial charge on any atom is -0.362 e. The topological polar surface area (TPSA) is 76.9 Å². The number of nitriles is 1. The first-order chi connectivity index (χ1) is 16.5. The fourth-order valence-corrected chi connectivity index (χ4v) is 6.15. The van der Waals surface area contributed by atoms with Crippen molar-refractivity contribution < 1.29 is 0 Å². The molecule has 3 aliphatic carbocycles. The van der Waals surface area contributed by atoms with E-state index in [1.807, 2.05) is 44.4 Å². The van der Waals surface area contributed by atoms with Gasteiger partial charge in [0.1, 0.15) is 5.82 Å². The van der Waals surface area contributed by atoms with E-state index in [9.17, 15) is 0 Å². The zero-order valence-electron chi connectivity index (χ0n) is 20.0. The van der Waals surface area contributed by atoms with Crippen molar-refractivity contribution in [3.8, 4) is 6.07 Å². The normalized spacial score (nSPS) is 29.2. The third-order valence-corrected chi connectivity index (χ3v) is 8.54. The smallest absolute Gasteiger partial charge is 0.225 e. The van der Waals surface area contributed by atoms with Crippen LogP contribution in [0.5, 0.6) is 0 Å². The maximum Gasteiger partial charge on any atom is 0.225 e. The minimum absolute atomic E-state index is 0.423. The van der Waals surface area contributed by atoms with Crippen LogP contribution in [0.15, 0.2) is 48.5 Å². The van der Waals surface area contributed by atoms with Crippen LogP contribution in [-0.2, 0) is 6.54 Å². The number of benzene rings is 2. The second-order valence-electron chi connectivity index (χ2n) is 10.9. The summed E-state index contributed by atoms with van der Waals surface area (Å²) in [7, 11) is 4.08. The van der Waals surface area contributed by atoms with Gasteiger partial charge in [0.15, 0.2) is 0 Å². The Morgan fingerprint density at radius 3 is 2.47 bits per heavy atom. The third-order valence-electron chi connectivity index (χ3n) is 8.54. The second kappa shape index (κ2) is 7.95. The van der Waals surface area contributed by atoms with Crippen LogP contribution in [0.25, 0.3) is 10.9 Å². The number of nitrogens with one attached hydrogen (secondary N) is 2. The van der Waals surface area contributed by atoms with E-state index in [1.54, 1.807) is 0 Å². The Bertz CT molecular complexity index is 1270. The molecule has 2 atom stereocenters. The molecule has 0 aliphatic heterocycles. The molecule has 0 bridgehead atoms. The molecule has 34 heavy (non-hydrogen) atoms. The van der Waals surface area contributed by atoms with Crippen LogP contribution in [0.4, 0.5) is 11.8 Å². The molecule has 1 aromatic heterocycles. The highest BCUT2D eigenvalue weighted by atomic mass is 15.2. The summed E-state index contributed by atoms with van der Waals surface area (Å²) in [6.45, 7) is 0.852. The SMILES string of the molecule is CN(C)c1nc(NC2CC23CCC2(CC3)C[C@H]2NCc2cccc(C#N)c2)nc2ccccc12. The van der Waals surface area contributed by atoms with Crippen LogP contribution in [-0.4, -0.2) is 36.1 Å². The molecular weight excluding hydrogens is 420 g/mol. The number of hydrogen-bond acceptors (Lipinski definition) is 6. The lowest BCUT2D eigenvalue weighted by molar-refractivity contribution is 0.224. The average molecular weight is 453 g/mol. The number of anilines is 2. The summed E-state index contributed by atoms with van der Waals surface area (Å²) in [5.41, 5.74) is 3.85. The number of hydrogen-bond donors (Lipinski definition) is 2. The Hall–Kier alpha value is -3.17. The van der Waals surface area contributed by atoms with E-state index < -0.39 is 0 Å². The van der Waals surface area contributed by atoms with Gasteiger partial charge in [-0.15, -0.1) is 0 Å². The summed E-state index contributed by atoms with van der Waals surface area (Å²) < 4.78 is 0. The van der Waals surface area contributed by atoms with Crippen molar-refractivity contribution in [2.75, 3.05) is 24.3 Å². The Morgan fingerprint density at radius 1 is 0.971 bits per heavy atom. The van der Waals surface area contributed by atoms with E-state index >= 15 is 0 Å². The molecule has 3 fully saturated rings. The van der Waals surface area contributed by atoms with E-state index in [2.05, 4.69) is 39.8 Å². The summed E-state index contributed by atoms with van der Waals surface area (Å²) in [5.74, 6) is 1.73. The fourth-order valence-electron chi connectivity index (χ4n) is 6.15. The predicted octanol–water partition coefficient (Wildman–Crippen LogP) is 4.86. The summed E-state index contributed by atoms with van der Waals surface area (Å²) in [4.78, 5) is 11.7. The predicted molar refractivity (Wildman–Crippen MR) is 136 cm³/mol. The van der Waals surface area contributed by atoms with Gasteiger partial charge in [-0.25, -0.2) is 4.98 Å². The van der Waals surface area contributed by atoms with E-state index in [4.69, 9.17) is 15.2 Å². The van der Waals surface area contributed by atoms with Crippen LogP contribution >= 0.6 is 0 Å². The van der Waals surface area contributed by atoms with E-state index in [-0.39, 0.29) is 0 Å². The molecular formula is C28H32N6. The molecule has 6 heteroatoms. The quantitative estimate of drug-likeness (QED) is 0.556. The van der Waals surface area contributed by atoms with Gasteiger partial charge in [0, 0.05) is 38.1 Å². The lowest BCUT2D eigenvalue weighted by Crippen LogP contribution is -2.29. The highest BCUT2D eigenvalue weighted by molar-refractivity contribution is 5.90. The highest BCUT2D eigenvalue weighted by Crippen LogP contribution is 2.66. The van der Waals surface area contributed by atoms with Gasteiger partial charge in [-0.3, -0.25) is 0 Å². The van der Waals surface area contributed by atoms with Crippen molar-refractivity contribution in [2.45, 2.75) is 57.2 Å². The largest absolute Gasteiger partial charge is 0.362 e. The molecule has 2 N–H and O–H groups in total. The van der Waals surface area contributed by atoms with Crippen LogP contribution in [0.2, 0.25) is 0 Å². The summed E-state index contributed by atoms with van der Waals surface area (Å²) in [5, 5.41) is 17.7. The Balaban J connectivity index is 1.06. The fraction of sp³-hybridized carbons (Fsp3) is 0.464. The first-order valence-corrected chi connectivity index (χ1v) is 12.4. The molecule has 0 radical (unpaired) electrons. The van der Waals surface area contributed by atoms with Crippen molar-refractivity contribution in [1.82, 2.24) is 15.3 Å². The van der Waals surface area contributed by atoms with E-state index in [0.717, 1.165) is 34.8 Å². The minimum atomic E-state index is 0.423. The van der Waals surface area contributed by atoms with E-state index in [0.29, 0.717) is 22.9 Å². The maximum atomic E-state index is 9.12. The zero-order chi connectivity index (χ0) is 23.3. The Morgan fingerprint density at radius 2 is 1.71 bits per heavy atom. The van der Waals surface area contributed by atoms with Crippen LogP contribution in [0.1, 0.15) is 49.7 Å². The molecule has 1 heterocycles. The number of para-hydroxylation sites is 1. The molecule has 1 unspecified atom stereocenters. The van der Waals surface area contributed by atoms with Crippen molar-refractivity contribution in [2.24, 2.45) is 10.8 Å². The molecule has 6 nitrogen and oxygen atoms in total. The average Bonchev–Trinajstić information content (AvgIpc) is 3.74. The van der Waals surface area contributed by atoms with Crippen molar-refractivity contribution in [1.29, 1.82) is 5.26 Å². The van der Waals surface area contributed by atoms with Crippen LogP contribution < -0.4 is 15.5 Å². The van der Waals surface area contributed by atoms with Gasteiger partial charge >= 0.3 is 0 Å². The van der Waals surface area contributed by atoms with Crippen molar-refractivity contribution in [3.05, 3.63) is 59.7 Å². The van der Waals surface area contributed by atoms with Crippen molar-refractivity contribution in [3.63, 3.8) is 0 Å². The van der Waals surface area contributed by atoms with Crippen LogP contribution in [0, 0.1) is 22.2 Å². The standard InChI is InChI=1S/C28H32N6/c1-34(2)25-21-8-3-4-9-22(21)31-26(33-25)32-24-16-28(24)12-10-27(11-13-28)15-23(27)30-18-20-7-5-6-19(14-20)17-29/h3-9,14,23-24,30H,10-13,15-16,18H2,1-2H3,(H,31,32,33)/t23-,24?,27?,28?/m1/s1. The van der Waals surface area contributed by atoms with Gasteiger partial charge in [0.2, 0.25) is 5.95 Å². The van der Waals surface area contributed by atoms with Crippen LogP contribution in [0.3, 0.4) is 0 Å². The zero-order valence-corrected chi connectivity index (χ0v) is 20.0. The van der Waals surface area contributed by atoms with Gasteiger partial charge in [0.25, 0.3) is 0 Å². The molecule has 2 aromatic carbocycles. The van der Waals surface area contributed by atoms with Gasteiger partial charge in [-0.2, -0.15) is 10.2 Å². The first-order valence-electron chi connectivity index (χ1n) is 12.4. The molecule has 3 aromatic rings. The number of fused-ring (bicyclic) bond motifs is 1. The molecule has 0 amide bonds. The molecule has 3 saturated carbocycles. The Kier molecular flexibility index (Phi) is 5.00. The van der Waals surface area contributed by atoms with Gasteiger partial charge in [-0.1, -0.05) is 24.3 Å². The third kappa shape index (κ3) is 3.78. The monoisotopic (exact) mass is 452 g/mol. The van der Waals surface area contributed by atoms with E-state index in [1.165, 1.54) is 44.1 Å². The number of aromatic nitrogens is 2. The lowest BCUT2D eigenvalue weighted by Gasteiger charge is -2.30. The van der Waals surface area contributed by atoms with Crippen molar-refractivity contribution >= 4 is 22.7 Å². The molecule has 174 valence electrons. The van der Waals surface area contributed by atoms with Gasteiger partial charge in [-0.05, 0) is 79.2 Å². The molecule has 3 aliphatic rings. The second-order valence-corrected chi connectivity index (χ2v) is 10.9. The number of rotatable bonds is 6. The Labute approximate surface area is 201 Å². The highest BCUT2D eigenvalue weighted by Gasteiger charge is 2.63. The molecule has 6 rings (SSSR count). The lowest BCUT2D eigenvalue weighted by atomic mass is 9.76.